The van der Waals surface area contributed by atoms with Crippen LogP contribution in [-0.4, -0.2) is 20.9 Å². The summed E-state index contributed by atoms with van der Waals surface area (Å²) in [5, 5.41) is 4.47. The Kier molecular flexibility index (Phi) is 6.04. The molecule has 2 aromatic carbocycles. The fourth-order valence-electron chi connectivity index (χ4n) is 3.13. The number of carbonyl (C=O) groups is 1. The second-order valence-electron chi connectivity index (χ2n) is 6.74. The Morgan fingerprint density at radius 2 is 1.69 bits per heavy atom. The number of nitrogens with zero attached hydrogens (tertiary/aromatic N) is 1. The molecule has 0 aliphatic heterocycles. The molecule has 1 heterocycles. The van der Waals surface area contributed by atoms with Gasteiger partial charge >= 0.3 is 0 Å². The van der Waals surface area contributed by atoms with E-state index in [1.165, 1.54) is 30.3 Å². The number of rotatable bonds is 6. The van der Waals surface area contributed by atoms with Crippen LogP contribution in [0.1, 0.15) is 16.7 Å². The Balaban J connectivity index is 1.93. The predicted octanol–water partition coefficient (Wildman–Crippen LogP) is 4.65. The Morgan fingerprint density at radius 3 is 2.24 bits per heavy atom. The fraction of sp³-hybridized carbons (Fsp3) is 0.190. The minimum absolute atomic E-state index is 0.109. The average Bonchev–Trinajstić information content (AvgIpc) is 3.19. The largest absolute Gasteiger partial charge is 0.324 e. The van der Waals surface area contributed by atoms with Gasteiger partial charge in [-0.3, -0.25) is 9.10 Å². The van der Waals surface area contributed by atoms with Crippen LogP contribution < -0.4 is 9.62 Å². The van der Waals surface area contributed by atoms with Crippen molar-refractivity contribution < 1.29 is 17.6 Å². The molecule has 0 radical (unpaired) electrons. The van der Waals surface area contributed by atoms with E-state index in [-0.39, 0.29) is 9.90 Å². The van der Waals surface area contributed by atoms with Crippen molar-refractivity contribution in [2.45, 2.75) is 25.0 Å². The van der Waals surface area contributed by atoms with E-state index >= 15 is 0 Å². The Bertz CT molecular complexity index is 1100. The summed E-state index contributed by atoms with van der Waals surface area (Å²) in [5.41, 5.74) is 3.74. The van der Waals surface area contributed by atoms with Gasteiger partial charge in [-0.1, -0.05) is 23.8 Å². The van der Waals surface area contributed by atoms with Gasteiger partial charge in [0.15, 0.2) is 0 Å². The van der Waals surface area contributed by atoms with Crippen LogP contribution >= 0.6 is 11.3 Å². The molecule has 0 spiro atoms. The summed E-state index contributed by atoms with van der Waals surface area (Å²) in [7, 11) is -3.97. The maximum Gasteiger partial charge on any atom is 0.274 e. The van der Waals surface area contributed by atoms with Crippen molar-refractivity contribution in [2.24, 2.45) is 0 Å². The summed E-state index contributed by atoms with van der Waals surface area (Å²) in [6.07, 6.45) is 0. The highest BCUT2D eigenvalue weighted by molar-refractivity contribution is 7.94. The normalized spacial score (nSPS) is 11.3. The van der Waals surface area contributed by atoms with E-state index in [1.807, 2.05) is 32.9 Å². The number of sulfonamides is 1. The van der Waals surface area contributed by atoms with Crippen molar-refractivity contribution in [2.75, 3.05) is 16.2 Å². The lowest BCUT2D eigenvalue weighted by Crippen LogP contribution is -2.38. The van der Waals surface area contributed by atoms with Crippen LogP contribution in [0.2, 0.25) is 0 Å². The van der Waals surface area contributed by atoms with Crippen molar-refractivity contribution >= 4 is 38.6 Å². The van der Waals surface area contributed by atoms with Crippen LogP contribution in [0.15, 0.2) is 58.1 Å². The number of anilines is 2. The number of benzene rings is 2. The molecule has 152 valence electrons. The van der Waals surface area contributed by atoms with Crippen LogP contribution in [-0.2, 0) is 14.8 Å². The van der Waals surface area contributed by atoms with Crippen molar-refractivity contribution in [1.82, 2.24) is 0 Å². The van der Waals surface area contributed by atoms with Gasteiger partial charge in [0.25, 0.3) is 10.0 Å². The van der Waals surface area contributed by atoms with E-state index in [0.717, 1.165) is 32.3 Å². The van der Waals surface area contributed by atoms with Crippen LogP contribution in [0, 0.1) is 26.6 Å². The van der Waals surface area contributed by atoms with Crippen molar-refractivity contribution in [3.63, 3.8) is 0 Å². The topological polar surface area (TPSA) is 66.5 Å². The molecule has 0 fully saturated rings. The second-order valence-corrected chi connectivity index (χ2v) is 9.78. The van der Waals surface area contributed by atoms with E-state index in [1.54, 1.807) is 11.4 Å². The molecule has 1 amide bonds. The highest BCUT2D eigenvalue weighted by Gasteiger charge is 2.28. The number of amides is 1. The molecule has 5 nitrogen and oxygen atoms in total. The lowest BCUT2D eigenvalue weighted by molar-refractivity contribution is -0.114. The first-order valence-electron chi connectivity index (χ1n) is 8.88. The van der Waals surface area contributed by atoms with E-state index in [4.69, 9.17) is 0 Å². The third-order valence-corrected chi connectivity index (χ3v) is 7.53. The molecule has 0 saturated heterocycles. The maximum atomic E-state index is 13.3. The van der Waals surface area contributed by atoms with Crippen LogP contribution in [0.25, 0.3) is 0 Å². The van der Waals surface area contributed by atoms with Gasteiger partial charge < -0.3 is 5.32 Å². The minimum Gasteiger partial charge on any atom is -0.324 e. The number of carbonyl (C=O) groups excluding carboxylic acids is 1. The maximum absolute atomic E-state index is 13.3. The molecule has 3 rings (SSSR count). The molecular formula is C21H21FN2O3S2. The molecule has 8 heteroatoms. The zero-order valence-electron chi connectivity index (χ0n) is 16.3. The summed E-state index contributed by atoms with van der Waals surface area (Å²) in [6.45, 7) is 5.31. The van der Waals surface area contributed by atoms with Gasteiger partial charge in [-0.05, 0) is 67.6 Å². The summed E-state index contributed by atoms with van der Waals surface area (Å²) < 4.78 is 40.7. The minimum atomic E-state index is -3.97. The molecule has 0 atom stereocenters. The second kappa shape index (κ2) is 8.34. The zero-order chi connectivity index (χ0) is 21.2. The first kappa shape index (κ1) is 21.0. The van der Waals surface area contributed by atoms with Gasteiger partial charge in [-0.25, -0.2) is 12.8 Å². The van der Waals surface area contributed by atoms with Gasteiger partial charge in [0, 0.05) is 5.69 Å². The summed E-state index contributed by atoms with van der Waals surface area (Å²) >= 11 is 1.06. The van der Waals surface area contributed by atoms with Crippen molar-refractivity contribution in [1.29, 1.82) is 0 Å². The molecule has 3 aromatic rings. The lowest BCUT2D eigenvalue weighted by Gasteiger charge is -2.24. The molecule has 0 unspecified atom stereocenters. The number of halogens is 1. The summed E-state index contributed by atoms with van der Waals surface area (Å²) in [6, 6.07) is 12.0. The molecule has 1 N–H and O–H groups in total. The van der Waals surface area contributed by atoms with Gasteiger partial charge in [-0.15, -0.1) is 11.3 Å². The Hall–Kier alpha value is -2.71. The van der Waals surface area contributed by atoms with Gasteiger partial charge in [-0.2, -0.15) is 0 Å². The van der Waals surface area contributed by atoms with Crippen molar-refractivity contribution in [3.8, 4) is 0 Å². The molecule has 0 bridgehead atoms. The van der Waals surface area contributed by atoms with Crippen molar-refractivity contribution in [3.05, 3.63) is 76.4 Å². The lowest BCUT2D eigenvalue weighted by atomic mass is 10.1. The van der Waals surface area contributed by atoms with E-state index < -0.39 is 28.3 Å². The fourth-order valence-corrected chi connectivity index (χ4v) is 5.65. The average molecular weight is 433 g/mol. The van der Waals surface area contributed by atoms with Gasteiger partial charge in [0.05, 0.1) is 5.69 Å². The third-order valence-electron chi connectivity index (χ3n) is 4.38. The molecule has 0 aliphatic rings. The number of hydrogen-bond donors (Lipinski definition) is 1. The molecule has 0 aliphatic carbocycles. The highest BCUT2D eigenvalue weighted by atomic mass is 32.2. The number of nitrogens with one attached hydrogen (secondary N) is 1. The van der Waals surface area contributed by atoms with Gasteiger partial charge in [0.2, 0.25) is 5.91 Å². The van der Waals surface area contributed by atoms with Gasteiger partial charge in [0.1, 0.15) is 16.6 Å². The smallest absolute Gasteiger partial charge is 0.274 e. The van der Waals surface area contributed by atoms with Crippen LogP contribution in [0.3, 0.4) is 0 Å². The number of thiophene rings is 1. The highest BCUT2D eigenvalue weighted by Crippen LogP contribution is 2.27. The first-order chi connectivity index (χ1) is 13.7. The molecule has 0 saturated carbocycles. The van der Waals surface area contributed by atoms with E-state index in [9.17, 15) is 17.6 Å². The number of hydrogen-bond acceptors (Lipinski definition) is 4. The standard InChI is InChI=1S/C21H21FN2O3S2/c1-14-11-15(2)21(16(3)12-14)23-19(25)13-24(18-8-6-17(22)7-9-18)29(26,27)20-5-4-10-28-20/h4-12H,13H2,1-3H3,(H,23,25). The number of aryl methyl sites for hydroxylation is 3. The molecular weight excluding hydrogens is 411 g/mol. The monoisotopic (exact) mass is 432 g/mol. The van der Waals surface area contributed by atoms with Crippen LogP contribution in [0.5, 0.6) is 0 Å². The SMILES string of the molecule is Cc1cc(C)c(NC(=O)CN(c2ccc(F)cc2)S(=O)(=O)c2cccs2)c(C)c1. The summed E-state index contributed by atoms with van der Waals surface area (Å²) in [4.78, 5) is 12.8. The summed E-state index contributed by atoms with van der Waals surface area (Å²) in [5.74, 6) is -0.970. The molecule has 1 aromatic heterocycles. The quantitative estimate of drug-likeness (QED) is 0.617. The van der Waals surface area contributed by atoms with E-state index in [0.29, 0.717) is 5.69 Å². The Morgan fingerprint density at radius 1 is 1.07 bits per heavy atom. The predicted molar refractivity (Wildman–Crippen MR) is 115 cm³/mol. The first-order valence-corrected chi connectivity index (χ1v) is 11.2. The zero-order valence-corrected chi connectivity index (χ0v) is 17.9. The van der Waals surface area contributed by atoms with Crippen LogP contribution in [0.4, 0.5) is 15.8 Å². The molecule has 29 heavy (non-hydrogen) atoms. The van der Waals surface area contributed by atoms with E-state index in [2.05, 4.69) is 5.32 Å². The third kappa shape index (κ3) is 4.65. The Labute approximate surface area is 173 Å².